The number of hydrogen-bond acceptors (Lipinski definition) is 2. The Bertz CT molecular complexity index is 394. The first-order chi connectivity index (χ1) is 9.60. The van der Waals surface area contributed by atoms with Gasteiger partial charge < -0.3 is 10.6 Å². The third kappa shape index (κ3) is 3.95. The smallest absolute Gasteiger partial charge is 0.123 e. The standard InChI is InChI=1S/C17H27FN2/c1-13-10-14(2)12-17(11-13)20(9-3-8-19)16-6-4-15(18)5-7-16/h4-7,13-14,17H,3,8-12,19H2,1-2H3. The Kier molecular flexibility index (Phi) is 5.41. The van der Waals surface area contributed by atoms with Crippen LogP contribution in [-0.4, -0.2) is 19.1 Å². The minimum Gasteiger partial charge on any atom is -0.368 e. The van der Waals surface area contributed by atoms with Crippen LogP contribution in [-0.2, 0) is 0 Å². The largest absolute Gasteiger partial charge is 0.368 e. The molecule has 2 rings (SSSR count). The van der Waals surface area contributed by atoms with E-state index in [2.05, 4.69) is 18.7 Å². The minimum atomic E-state index is -0.169. The van der Waals surface area contributed by atoms with Crippen LogP contribution in [0.3, 0.4) is 0 Å². The number of halogens is 1. The fourth-order valence-corrected chi connectivity index (χ4v) is 3.58. The van der Waals surface area contributed by atoms with Crippen LogP contribution in [0.5, 0.6) is 0 Å². The van der Waals surface area contributed by atoms with Gasteiger partial charge in [-0.25, -0.2) is 4.39 Å². The van der Waals surface area contributed by atoms with Crippen LogP contribution in [0.15, 0.2) is 24.3 Å². The summed E-state index contributed by atoms with van der Waals surface area (Å²) in [6, 6.07) is 7.47. The molecule has 2 N–H and O–H groups in total. The van der Waals surface area contributed by atoms with Gasteiger partial charge in [0.25, 0.3) is 0 Å². The predicted octanol–water partition coefficient (Wildman–Crippen LogP) is 3.81. The highest BCUT2D eigenvalue weighted by molar-refractivity contribution is 5.47. The second-order valence-corrected chi connectivity index (χ2v) is 6.38. The van der Waals surface area contributed by atoms with E-state index in [1.54, 1.807) is 12.1 Å². The average molecular weight is 278 g/mol. The molecule has 1 aromatic carbocycles. The van der Waals surface area contributed by atoms with Gasteiger partial charge in [0.15, 0.2) is 0 Å². The van der Waals surface area contributed by atoms with Gasteiger partial charge in [0.05, 0.1) is 0 Å². The lowest BCUT2D eigenvalue weighted by molar-refractivity contribution is 0.259. The molecule has 0 amide bonds. The van der Waals surface area contributed by atoms with Crippen molar-refractivity contribution in [3.05, 3.63) is 30.1 Å². The van der Waals surface area contributed by atoms with Gasteiger partial charge in [-0.2, -0.15) is 0 Å². The van der Waals surface area contributed by atoms with Crippen LogP contribution in [0.25, 0.3) is 0 Å². The van der Waals surface area contributed by atoms with Gasteiger partial charge in [-0.05, 0) is 68.3 Å². The molecule has 1 saturated carbocycles. The van der Waals surface area contributed by atoms with Crippen molar-refractivity contribution >= 4 is 5.69 Å². The van der Waals surface area contributed by atoms with Crippen molar-refractivity contribution in [3.8, 4) is 0 Å². The summed E-state index contributed by atoms with van der Waals surface area (Å²) in [5.74, 6) is 1.37. The van der Waals surface area contributed by atoms with Crippen LogP contribution >= 0.6 is 0 Å². The maximum absolute atomic E-state index is 13.1. The minimum absolute atomic E-state index is 0.169. The van der Waals surface area contributed by atoms with Gasteiger partial charge in [0.1, 0.15) is 5.82 Å². The molecule has 0 heterocycles. The molecule has 3 heteroatoms. The van der Waals surface area contributed by atoms with E-state index < -0.39 is 0 Å². The van der Waals surface area contributed by atoms with Crippen LogP contribution in [0.4, 0.5) is 10.1 Å². The van der Waals surface area contributed by atoms with E-state index in [1.165, 1.54) is 19.3 Å². The maximum Gasteiger partial charge on any atom is 0.123 e. The third-order valence-electron chi connectivity index (χ3n) is 4.36. The molecule has 2 unspecified atom stereocenters. The van der Waals surface area contributed by atoms with Crippen molar-refractivity contribution in [2.75, 3.05) is 18.0 Å². The first kappa shape index (κ1) is 15.3. The lowest BCUT2D eigenvalue weighted by atomic mass is 9.79. The van der Waals surface area contributed by atoms with Crippen LogP contribution in [0.1, 0.15) is 39.5 Å². The van der Waals surface area contributed by atoms with Crippen molar-refractivity contribution in [1.82, 2.24) is 0 Å². The summed E-state index contributed by atoms with van der Waals surface area (Å²) in [5, 5.41) is 0. The second kappa shape index (κ2) is 7.07. The number of rotatable bonds is 5. The Morgan fingerprint density at radius 1 is 1.10 bits per heavy atom. The highest BCUT2D eigenvalue weighted by Crippen LogP contribution is 2.33. The van der Waals surface area contributed by atoms with Gasteiger partial charge in [0, 0.05) is 18.3 Å². The Balaban J connectivity index is 2.15. The molecule has 1 aliphatic carbocycles. The van der Waals surface area contributed by atoms with E-state index in [0.29, 0.717) is 12.6 Å². The topological polar surface area (TPSA) is 29.3 Å². The monoisotopic (exact) mass is 278 g/mol. The molecule has 2 nitrogen and oxygen atoms in total. The first-order valence-electron chi connectivity index (χ1n) is 7.82. The molecule has 20 heavy (non-hydrogen) atoms. The summed E-state index contributed by atoms with van der Waals surface area (Å²) in [6.07, 6.45) is 4.76. The average Bonchev–Trinajstić information content (AvgIpc) is 2.40. The zero-order chi connectivity index (χ0) is 14.5. The third-order valence-corrected chi connectivity index (χ3v) is 4.36. The summed E-state index contributed by atoms with van der Waals surface area (Å²) in [6.45, 7) is 6.35. The maximum atomic E-state index is 13.1. The molecule has 0 bridgehead atoms. The molecule has 0 aliphatic heterocycles. The molecular formula is C17H27FN2. The van der Waals surface area contributed by atoms with E-state index >= 15 is 0 Å². The van der Waals surface area contributed by atoms with E-state index in [-0.39, 0.29) is 5.82 Å². The van der Waals surface area contributed by atoms with Crippen molar-refractivity contribution < 1.29 is 4.39 Å². The number of benzene rings is 1. The van der Waals surface area contributed by atoms with E-state index in [4.69, 9.17) is 5.73 Å². The van der Waals surface area contributed by atoms with Crippen LogP contribution < -0.4 is 10.6 Å². The number of hydrogen-bond donors (Lipinski definition) is 1. The number of nitrogens with two attached hydrogens (primary N) is 1. The summed E-state index contributed by atoms with van der Waals surface area (Å²) < 4.78 is 13.1. The van der Waals surface area contributed by atoms with Gasteiger partial charge >= 0.3 is 0 Å². The molecular weight excluding hydrogens is 251 g/mol. The normalized spacial score (nSPS) is 26.5. The van der Waals surface area contributed by atoms with Crippen molar-refractivity contribution in [2.24, 2.45) is 17.6 Å². The van der Waals surface area contributed by atoms with Crippen molar-refractivity contribution in [1.29, 1.82) is 0 Å². The van der Waals surface area contributed by atoms with Crippen molar-refractivity contribution in [2.45, 2.75) is 45.6 Å². The van der Waals surface area contributed by atoms with Crippen molar-refractivity contribution in [3.63, 3.8) is 0 Å². The predicted molar refractivity (Wildman–Crippen MR) is 83.4 cm³/mol. The Morgan fingerprint density at radius 3 is 2.25 bits per heavy atom. The molecule has 2 atom stereocenters. The number of anilines is 1. The molecule has 1 fully saturated rings. The van der Waals surface area contributed by atoms with E-state index in [9.17, 15) is 4.39 Å². The zero-order valence-electron chi connectivity index (χ0n) is 12.7. The van der Waals surface area contributed by atoms with E-state index in [1.807, 2.05) is 12.1 Å². The second-order valence-electron chi connectivity index (χ2n) is 6.38. The van der Waals surface area contributed by atoms with Gasteiger partial charge in [0.2, 0.25) is 0 Å². The number of nitrogens with zero attached hydrogens (tertiary/aromatic N) is 1. The summed E-state index contributed by atoms with van der Waals surface area (Å²) in [5.41, 5.74) is 6.81. The zero-order valence-corrected chi connectivity index (χ0v) is 12.7. The summed E-state index contributed by atoms with van der Waals surface area (Å²) in [7, 11) is 0. The van der Waals surface area contributed by atoms with Gasteiger partial charge in [-0.3, -0.25) is 0 Å². The van der Waals surface area contributed by atoms with Crippen LogP contribution in [0, 0.1) is 17.7 Å². The van der Waals surface area contributed by atoms with E-state index in [0.717, 1.165) is 30.5 Å². The molecule has 0 radical (unpaired) electrons. The molecule has 112 valence electrons. The lowest BCUT2D eigenvalue weighted by Gasteiger charge is -2.40. The summed E-state index contributed by atoms with van der Waals surface area (Å²) >= 11 is 0. The molecule has 1 aromatic rings. The van der Waals surface area contributed by atoms with Gasteiger partial charge in [-0.15, -0.1) is 0 Å². The SMILES string of the molecule is CC1CC(C)CC(N(CCCN)c2ccc(F)cc2)C1. The summed E-state index contributed by atoms with van der Waals surface area (Å²) in [4.78, 5) is 2.44. The Labute approximate surface area is 122 Å². The molecule has 0 spiro atoms. The highest BCUT2D eigenvalue weighted by atomic mass is 19.1. The van der Waals surface area contributed by atoms with Crippen LogP contribution in [0.2, 0.25) is 0 Å². The van der Waals surface area contributed by atoms with Gasteiger partial charge in [-0.1, -0.05) is 13.8 Å². The highest BCUT2D eigenvalue weighted by Gasteiger charge is 2.28. The fraction of sp³-hybridized carbons (Fsp3) is 0.647. The molecule has 1 aliphatic rings. The first-order valence-corrected chi connectivity index (χ1v) is 7.82. The fourth-order valence-electron chi connectivity index (χ4n) is 3.58. The lowest BCUT2D eigenvalue weighted by Crippen LogP contribution is -2.41. The quantitative estimate of drug-likeness (QED) is 0.887. The Morgan fingerprint density at radius 2 is 1.70 bits per heavy atom. The Hall–Kier alpha value is -1.09. The molecule has 0 saturated heterocycles. The molecule has 0 aromatic heterocycles.